The third-order valence-electron chi connectivity index (χ3n) is 3.02. The molecule has 0 atom stereocenters. The lowest BCUT2D eigenvalue weighted by atomic mass is 10.1. The number of hydrogen-bond acceptors (Lipinski definition) is 3. The van der Waals surface area contributed by atoms with Crippen LogP contribution in [0.2, 0.25) is 0 Å². The Morgan fingerprint density at radius 1 is 1.32 bits per heavy atom. The average molecular weight is 258 g/mol. The molecule has 19 heavy (non-hydrogen) atoms. The number of rotatable bonds is 4. The minimum atomic E-state index is -0.335. The summed E-state index contributed by atoms with van der Waals surface area (Å²) in [5.41, 5.74) is 3.68. The number of anilines is 2. The Balaban J connectivity index is 2.21. The standard InChI is InChI=1S/C15H18N2O2/c1-4-11-6-5-7-12(8-11)16-13-9-14(15(18)19-3)17(2)10-13/h5-10,16H,4H2,1-3H3. The van der Waals surface area contributed by atoms with Gasteiger partial charge in [-0.15, -0.1) is 0 Å². The van der Waals surface area contributed by atoms with Crippen LogP contribution in [0.15, 0.2) is 36.5 Å². The summed E-state index contributed by atoms with van der Waals surface area (Å²) in [6, 6.07) is 10.0. The molecule has 0 spiro atoms. The number of nitrogens with one attached hydrogen (secondary N) is 1. The van der Waals surface area contributed by atoms with Crippen molar-refractivity contribution in [2.24, 2.45) is 7.05 Å². The van der Waals surface area contributed by atoms with Crippen LogP contribution in [0.5, 0.6) is 0 Å². The molecule has 0 saturated heterocycles. The molecule has 2 rings (SSSR count). The van der Waals surface area contributed by atoms with Gasteiger partial charge >= 0.3 is 5.97 Å². The Kier molecular flexibility index (Phi) is 3.90. The van der Waals surface area contributed by atoms with E-state index in [9.17, 15) is 4.79 Å². The zero-order valence-corrected chi connectivity index (χ0v) is 11.4. The van der Waals surface area contributed by atoms with Gasteiger partial charge in [-0.1, -0.05) is 19.1 Å². The summed E-state index contributed by atoms with van der Waals surface area (Å²) in [4.78, 5) is 11.5. The van der Waals surface area contributed by atoms with Gasteiger partial charge in [-0.3, -0.25) is 0 Å². The molecule has 0 amide bonds. The van der Waals surface area contributed by atoms with E-state index < -0.39 is 0 Å². The molecule has 0 saturated carbocycles. The molecule has 4 nitrogen and oxygen atoms in total. The minimum Gasteiger partial charge on any atom is -0.464 e. The molecule has 0 aliphatic carbocycles. The fourth-order valence-corrected chi connectivity index (χ4v) is 1.98. The molecule has 0 aliphatic heterocycles. The van der Waals surface area contributed by atoms with Gasteiger partial charge < -0.3 is 14.6 Å². The van der Waals surface area contributed by atoms with Crippen LogP contribution in [-0.4, -0.2) is 17.6 Å². The molecule has 0 unspecified atom stereocenters. The molecule has 1 aromatic heterocycles. The van der Waals surface area contributed by atoms with Crippen molar-refractivity contribution in [1.29, 1.82) is 0 Å². The highest BCUT2D eigenvalue weighted by molar-refractivity contribution is 5.89. The van der Waals surface area contributed by atoms with E-state index in [4.69, 9.17) is 4.74 Å². The van der Waals surface area contributed by atoms with Crippen molar-refractivity contribution in [3.8, 4) is 0 Å². The van der Waals surface area contributed by atoms with Crippen LogP contribution in [0.3, 0.4) is 0 Å². The number of methoxy groups -OCH3 is 1. The van der Waals surface area contributed by atoms with E-state index >= 15 is 0 Å². The van der Waals surface area contributed by atoms with E-state index in [-0.39, 0.29) is 5.97 Å². The van der Waals surface area contributed by atoms with Gasteiger partial charge in [0.15, 0.2) is 0 Å². The van der Waals surface area contributed by atoms with Crippen LogP contribution in [0.4, 0.5) is 11.4 Å². The number of carbonyl (C=O) groups excluding carboxylic acids is 1. The zero-order chi connectivity index (χ0) is 13.8. The first kappa shape index (κ1) is 13.2. The van der Waals surface area contributed by atoms with E-state index in [0.29, 0.717) is 5.69 Å². The van der Waals surface area contributed by atoms with E-state index in [0.717, 1.165) is 17.8 Å². The second-order valence-electron chi connectivity index (χ2n) is 4.40. The molecule has 0 bridgehead atoms. The molecule has 2 aromatic rings. The summed E-state index contributed by atoms with van der Waals surface area (Å²) in [6.07, 6.45) is 2.86. The van der Waals surface area contributed by atoms with Crippen LogP contribution < -0.4 is 5.32 Å². The number of ether oxygens (including phenoxy) is 1. The molecule has 4 heteroatoms. The lowest BCUT2D eigenvalue weighted by Crippen LogP contribution is -2.06. The smallest absolute Gasteiger partial charge is 0.354 e. The van der Waals surface area contributed by atoms with Gasteiger partial charge in [-0.05, 0) is 30.2 Å². The normalized spacial score (nSPS) is 10.3. The molecular weight excluding hydrogens is 240 g/mol. The Hall–Kier alpha value is -2.23. The van der Waals surface area contributed by atoms with Crippen LogP contribution in [-0.2, 0) is 18.2 Å². The SMILES string of the molecule is CCc1cccc(Nc2cc(C(=O)OC)n(C)c2)c1. The molecule has 0 fully saturated rings. The Morgan fingerprint density at radius 2 is 2.11 bits per heavy atom. The number of nitrogens with zero attached hydrogens (tertiary/aromatic N) is 1. The molecule has 0 aliphatic rings. The molecule has 1 aromatic carbocycles. The third kappa shape index (κ3) is 2.96. The number of hydrogen-bond donors (Lipinski definition) is 1. The first-order valence-electron chi connectivity index (χ1n) is 6.24. The lowest BCUT2D eigenvalue weighted by molar-refractivity contribution is 0.0590. The van der Waals surface area contributed by atoms with Crippen molar-refractivity contribution in [3.63, 3.8) is 0 Å². The second-order valence-corrected chi connectivity index (χ2v) is 4.40. The van der Waals surface area contributed by atoms with Crippen molar-refractivity contribution >= 4 is 17.3 Å². The first-order chi connectivity index (χ1) is 9.13. The van der Waals surface area contributed by atoms with Gasteiger partial charge in [0, 0.05) is 18.9 Å². The van der Waals surface area contributed by atoms with E-state index in [1.54, 1.807) is 10.6 Å². The fourth-order valence-electron chi connectivity index (χ4n) is 1.98. The Bertz CT molecular complexity index is 588. The summed E-state index contributed by atoms with van der Waals surface area (Å²) in [5, 5.41) is 3.29. The number of aryl methyl sites for hydroxylation is 2. The maximum Gasteiger partial charge on any atom is 0.354 e. The van der Waals surface area contributed by atoms with Gasteiger partial charge in [0.05, 0.1) is 12.8 Å². The summed E-state index contributed by atoms with van der Waals surface area (Å²) in [6.45, 7) is 2.12. The van der Waals surface area contributed by atoms with E-state index in [2.05, 4.69) is 24.4 Å². The molecule has 1 heterocycles. The van der Waals surface area contributed by atoms with Gasteiger partial charge in [0.1, 0.15) is 5.69 Å². The maximum atomic E-state index is 11.5. The predicted molar refractivity (Wildman–Crippen MR) is 75.9 cm³/mol. The minimum absolute atomic E-state index is 0.335. The molecule has 0 radical (unpaired) electrons. The van der Waals surface area contributed by atoms with Crippen LogP contribution in [0.1, 0.15) is 23.0 Å². The van der Waals surface area contributed by atoms with Crippen LogP contribution >= 0.6 is 0 Å². The Morgan fingerprint density at radius 3 is 2.79 bits per heavy atom. The highest BCUT2D eigenvalue weighted by Crippen LogP contribution is 2.20. The lowest BCUT2D eigenvalue weighted by Gasteiger charge is -2.05. The highest BCUT2D eigenvalue weighted by Gasteiger charge is 2.11. The zero-order valence-electron chi connectivity index (χ0n) is 11.4. The van der Waals surface area contributed by atoms with Crippen molar-refractivity contribution < 1.29 is 9.53 Å². The van der Waals surface area contributed by atoms with Gasteiger partial charge in [0.25, 0.3) is 0 Å². The second kappa shape index (κ2) is 5.61. The van der Waals surface area contributed by atoms with Crippen LogP contribution in [0.25, 0.3) is 0 Å². The number of benzene rings is 1. The number of aromatic nitrogens is 1. The summed E-state index contributed by atoms with van der Waals surface area (Å²) < 4.78 is 6.48. The van der Waals surface area contributed by atoms with E-state index in [1.807, 2.05) is 25.4 Å². The van der Waals surface area contributed by atoms with Gasteiger partial charge in [0.2, 0.25) is 0 Å². The quantitative estimate of drug-likeness (QED) is 0.857. The molecule has 100 valence electrons. The monoisotopic (exact) mass is 258 g/mol. The van der Waals surface area contributed by atoms with Crippen LogP contribution in [0, 0.1) is 0 Å². The Labute approximate surface area is 113 Å². The van der Waals surface area contributed by atoms with Crippen molar-refractivity contribution in [2.45, 2.75) is 13.3 Å². The van der Waals surface area contributed by atoms with Gasteiger partial charge in [-0.25, -0.2) is 4.79 Å². The predicted octanol–water partition coefficient (Wildman–Crippen LogP) is 3.12. The van der Waals surface area contributed by atoms with Crippen molar-refractivity contribution in [2.75, 3.05) is 12.4 Å². The largest absolute Gasteiger partial charge is 0.464 e. The number of carbonyl (C=O) groups is 1. The number of esters is 1. The fraction of sp³-hybridized carbons (Fsp3) is 0.267. The topological polar surface area (TPSA) is 43.3 Å². The molecular formula is C15H18N2O2. The molecule has 1 N–H and O–H groups in total. The van der Waals surface area contributed by atoms with Gasteiger partial charge in [-0.2, -0.15) is 0 Å². The maximum absolute atomic E-state index is 11.5. The van der Waals surface area contributed by atoms with Crippen molar-refractivity contribution in [1.82, 2.24) is 4.57 Å². The van der Waals surface area contributed by atoms with Crippen molar-refractivity contribution in [3.05, 3.63) is 47.8 Å². The highest BCUT2D eigenvalue weighted by atomic mass is 16.5. The van der Waals surface area contributed by atoms with E-state index in [1.165, 1.54) is 12.7 Å². The third-order valence-corrected chi connectivity index (χ3v) is 3.02. The summed E-state index contributed by atoms with van der Waals surface area (Å²) in [5.74, 6) is -0.335. The average Bonchev–Trinajstić information content (AvgIpc) is 2.79. The summed E-state index contributed by atoms with van der Waals surface area (Å²) >= 11 is 0. The summed E-state index contributed by atoms with van der Waals surface area (Å²) in [7, 11) is 3.20. The first-order valence-corrected chi connectivity index (χ1v) is 6.24.